The monoisotopic (exact) mass is 389 g/mol. The van der Waals surface area contributed by atoms with Gasteiger partial charge in [0.15, 0.2) is 0 Å². The van der Waals surface area contributed by atoms with Gasteiger partial charge in [-0.2, -0.15) is 0 Å². The SMILES string of the molecule is COc1cc(-n2cccc2)c(Cl)cc1C(=O)NCc1csc(C(C)C)n1. The van der Waals surface area contributed by atoms with E-state index < -0.39 is 0 Å². The number of thiazole rings is 1. The number of hydrogen-bond donors (Lipinski definition) is 1. The number of nitrogens with zero attached hydrogens (tertiary/aromatic N) is 2. The minimum absolute atomic E-state index is 0.248. The number of amides is 1. The highest BCUT2D eigenvalue weighted by Gasteiger charge is 2.17. The number of aromatic nitrogens is 2. The molecule has 0 bridgehead atoms. The van der Waals surface area contributed by atoms with Gasteiger partial charge in [0, 0.05) is 29.8 Å². The Balaban J connectivity index is 1.79. The van der Waals surface area contributed by atoms with Crippen molar-refractivity contribution in [1.29, 1.82) is 0 Å². The summed E-state index contributed by atoms with van der Waals surface area (Å²) >= 11 is 7.99. The van der Waals surface area contributed by atoms with Gasteiger partial charge in [-0.25, -0.2) is 4.98 Å². The number of rotatable bonds is 6. The van der Waals surface area contributed by atoms with Gasteiger partial charge in [0.25, 0.3) is 5.91 Å². The number of carbonyl (C=O) groups excluding carboxylic acids is 1. The lowest BCUT2D eigenvalue weighted by Gasteiger charge is -2.13. The number of ether oxygens (including phenoxy) is 1. The summed E-state index contributed by atoms with van der Waals surface area (Å²) in [5.74, 6) is 0.600. The molecule has 26 heavy (non-hydrogen) atoms. The second-order valence-corrected chi connectivity index (χ2v) is 7.41. The van der Waals surface area contributed by atoms with Gasteiger partial charge in [0.05, 0.1) is 40.6 Å². The van der Waals surface area contributed by atoms with Crippen molar-refractivity contribution < 1.29 is 9.53 Å². The first-order valence-electron chi connectivity index (χ1n) is 8.23. The highest BCUT2D eigenvalue weighted by molar-refractivity contribution is 7.09. The van der Waals surface area contributed by atoms with Crippen molar-refractivity contribution in [2.45, 2.75) is 26.3 Å². The van der Waals surface area contributed by atoms with Crippen LogP contribution >= 0.6 is 22.9 Å². The summed E-state index contributed by atoms with van der Waals surface area (Å²) in [7, 11) is 1.54. The van der Waals surface area contributed by atoms with Crippen LogP contribution in [-0.2, 0) is 6.54 Å². The van der Waals surface area contributed by atoms with Crippen LogP contribution in [-0.4, -0.2) is 22.6 Å². The fourth-order valence-corrected chi connectivity index (χ4v) is 3.61. The molecule has 3 aromatic rings. The molecule has 0 fully saturated rings. The molecular weight excluding hydrogens is 370 g/mol. The predicted octanol–water partition coefficient (Wildman–Crippen LogP) is 4.65. The minimum Gasteiger partial charge on any atom is -0.496 e. The third-order valence-electron chi connectivity index (χ3n) is 3.89. The number of methoxy groups -OCH3 is 1. The molecule has 0 aliphatic carbocycles. The van der Waals surface area contributed by atoms with Crippen molar-refractivity contribution in [2.24, 2.45) is 0 Å². The zero-order valence-corrected chi connectivity index (χ0v) is 16.4. The molecular formula is C19H20ClN3O2S. The van der Waals surface area contributed by atoms with Crippen molar-refractivity contribution in [3.8, 4) is 11.4 Å². The van der Waals surface area contributed by atoms with Crippen LogP contribution < -0.4 is 10.1 Å². The number of nitrogens with one attached hydrogen (secondary N) is 1. The Bertz CT molecular complexity index is 904. The van der Waals surface area contributed by atoms with Crippen LogP contribution in [0, 0.1) is 0 Å². The topological polar surface area (TPSA) is 56.1 Å². The third kappa shape index (κ3) is 3.92. The lowest BCUT2D eigenvalue weighted by molar-refractivity contribution is 0.0947. The van der Waals surface area contributed by atoms with Gasteiger partial charge >= 0.3 is 0 Å². The maximum absolute atomic E-state index is 12.6. The summed E-state index contributed by atoms with van der Waals surface area (Å²) in [4.78, 5) is 17.1. The Morgan fingerprint density at radius 1 is 1.35 bits per heavy atom. The van der Waals surface area contributed by atoms with Gasteiger partial charge in [0.1, 0.15) is 5.75 Å². The van der Waals surface area contributed by atoms with Crippen molar-refractivity contribution in [1.82, 2.24) is 14.9 Å². The molecule has 0 spiro atoms. The number of carbonyl (C=O) groups is 1. The van der Waals surface area contributed by atoms with Crippen molar-refractivity contribution in [3.05, 3.63) is 63.3 Å². The largest absolute Gasteiger partial charge is 0.496 e. The van der Waals surface area contributed by atoms with Crippen LogP contribution in [0.4, 0.5) is 0 Å². The van der Waals surface area contributed by atoms with E-state index in [2.05, 4.69) is 24.1 Å². The summed E-state index contributed by atoms with van der Waals surface area (Å²) < 4.78 is 7.27. The van der Waals surface area contributed by atoms with Gasteiger partial charge in [-0.15, -0.1) is 11.3 Å². The molecule has 0 saturated heterocycles. The number of benzene rings is 1. The van der Waals surface area contributed by atoms with E-state index in [1.807, 2.05) is 34.5 Å². The van der Waals surface area contributed by atoms with E-state index in [0.29, 0.717) is 28.8 Å². The van der Waals surface area contributed by atoms with E-state index in [-0.39, 0.29) is 5.91 Å². The molecule has 5 nitrogen and oxygen atoms in total. The molecule has 1 amide bonds. The molecule has 136 valence electrons. The molecule has 2 aromatic heterocycles. The Morgan fingerprint density at radius 2 is 2.08 bits per heavy atom. The van der Waals surface area contributed by atoms with Crippen LogP contribution in [0.15, 0.2) is 42.0 Å². The predicted molar refractivity (Wildman–Crippen MR) is 105 cm³/mol. The molecule has 0 radical (unpaired) electrons. The summed E-state index contributed by atoms with van der Waals surface area (Å²) in [5, 5.41) is 6.39. The Morgan fingerprint density at radius 3 is 2.69 bits per heavy atom. The standard InChI is InChI=1S/C19H20ClN3O2S/c1-12(2)19-22-13(11-26-19)10-21-18(24)14-8-15(20)16(9-17(14)25-3)23-6-4-5-7-23/h4-9,11-12H,10H2,1-3H3,(H,21,24). The Labute approximate surface area is 161 Å². The zero-order valence-electron chi connectivity index (χ0n) is 14.8. The summed E-state index contributed by atoms with van der Waals surface area (Å²) in [5.41, 5.74) is 2.00. The Hall–Kier alpha value is -2.31. The van der Waals surface area contributed by atoms with E-state index in [0.717, 1.165) is 16.4 Å². The molecule has 0 unspecified atom stereocenters. The van der Waals surface area contributed by atoms with E-state index in [1.54, 1.807) is 23.5 Å². The van der Waals surface area contributed by atoms with Crippen molar-refractivity contribution >= 4 is 28.8 Å². The third-order valence-corrected chi connectivity index (χ3v) is 5.39. The first-order valence-corrected chi connectivity index (χ1v) is 9.48. The molecule has 3 rings (SSSR count). The molecule has 2 heterocycles. The lowest BCUT2D eigenvalue weighted by atomic mass is 10.1. The number of halogens is 1. The second-order valence-electron chi connectivity index (χ2n) is 6.11. The van der Waals surface area contributed by atoms with Gasteiger partial charge in [0.2, 0.25) is 0 Å². The van der Waals surface area contributed by atoms with Crippen LogP contribution in [0.5, 0.6) is 5.75 Å². The van der Waals surface area contributed by atoms with Crippen molar-refractivity contribution in [2.75, 3.05) is 7.11 Å². The number of hydrogen-bond acceptors (Lipinski definition) is 4. The van der Waals surface area contributed by atoms with E-state index >= 15 is 0 Å². The average molecular weight is 390 g/mol. The van der Waals surface area contributed by atoms with E-state index in [4.69, 9.17) is 16.3 Å². The lowest BCUT2D eigenvalue weighted by Crippen LogP contribution is -2.23. The highest BCUT2D eigenvalue weighted by Crippen LogP contribution is 2.30. The maximum atomic E-state index is 12.6. The molecule has 0 aliphatic rings. The van der Waals surface area contributed by atoms with E-state index in [9.17, 15) is 4.79 Å². The van der Waals surface area contributed by atoms with Gasteiger partial charge in [-0.1, -0.05) is 25.4 Å². The maximum Gasteiger partial charge on any atom is 0.255 e. The van der Waals surface area contributed by atoms with Crippen LogP contribution in [0.1, 0.15) is 40.8 Å². The summed E-state index contributed by atoms with van der Waals surface area (Å²) in [6, 6.07) is 7.20. The fourth-order valence-electron chi connectivity index (χ4n) is 2.52. The van der Waals surface area contributed by atoms with Gasteiger partial charge in [-0.3, -0.25) is 4.79 Å². The fraction of sp³-hybridized carbons (Fsp3) is 0.263. The average Bonchev–Trinajstić information content (AvgIpc) is 3.31. The molecule has 1 aromatic carbocycles. The first-order chi connectivity index (χ1) is 12.5. The zero-order chi connectivity index (χ0) is 18.7. The van der Waals surface area contributed by atoms with Crippen molar-refractivity contribution in [3.63, 3.8) is 0 Å². The van der Waals surface area contributed by atoms with Crippen LogP contribution in [0.3, 0.4) is 0 Å². The quantitative estimate of drug-likeness (QED) is 0.667. The smallest absolute Gasteiger partial charge is 0.255 e. The van der Waals surface area contributed by atoms with Crippen LogP contribution in [0.25, 0.3) is 5.69 Å². The van der Waals surface area contributed by atoms with Gasteiger partial charge in [-0.05, 0) is 18.2 Å². The molecule has 0 atom stereocenters. The highest BCUT2D eigenvalue weighted by atomic mass is 35.5. The normalized spacial score (nSPS) is 11.0. The minimum atomic E-state index is -0.248. The Kier molecular flexibility index (Phi) is 5.64. The molecule has 0 aliphatic heterocycles. The molecule has 0 saturated carbocycles. The molecule has 7 heteroatoms. The second kappa shape index (κ2) is 7.93. The first kappa shape index (κ1) is 18.5. The van der Waals surface area contributed by atoms with Gasteiger partial charge < -0.3 is 14.6 Å². The molecule has 1 N–H and O–H groups in total. The summed E-state index contributed by atoms with van der Waals surface area (Å²) in [6.07, 6.45) is 3.77. The van der Waals surface area contributed by atoms with Crippen LogP contribution in [0.2, 0.25) is 5.02 Å². The summed E-state index contributed by atoms with van der Waals surface area (Å²) in [6.45, 7) is 4.56. The van der Waals surface area contributed by atoms with E-state index in [1.165, 1.54) is 7.11 Å².